The summed E-state index contributed by atoms with van der Waals surface area (Å²) in [5.74, 6) is 3.17. The van der Waals surface area contributed by atoms with E-state index in [0.717, 1.165) is 45.1 Å². The van der Waals surface area contributed by atoms with Gasteiger partial charge < -0.3 is 24.0 Å². The first kappa shape index (κ1) is 24.6. The summed E-state index contributed by atoms with van der Waals surface area (Å²) in [6.07, 6.45) is 0. The van der Waals surface area contributed by atoms with Gasteiger partial charge in [0.25, 0.3) is 5.91 Å². The van der Waals surface area contributed by atoms with Crippen LogP contribution in [-0.2, 0) is 10.2 Å². The number of nitrogens with zero attached hydrogens (tertiary/aromatic N) is 3. The maximum atomic E-state index is 12.9. The highest BCUT2D eigenvalue weighted by Crippen LogP contribution is 2.34. The number of hydrogen-bond acceptors (Lipinski definition) is 6. The van der Waals surface area contributed by atoms with Crippen molar-refractivity contribution in [1.29, 1.82) is 0 Å². The van der Waals surface area contributed by atoms with E-state index in [-0.39, 0.29) is 17.9 Å². The molecule has 0 saturated carbocycles. The van der Waals surface area contributed by atoms with Crippen molar-refractivity contribution in [2.75, 3.05) is 51.9 Å². The number of rotatable bonds is 6. The Hall–Kier alpha value is -3.48. The number of ether oxygens (including phenoxy) is 3. The molecule has 3 aromatic rings. The third kappa shape index (κ3) is 5.29. The third-order valence-corrected chi connectivity index (χ3v) is 6.52. The maximum absolute atomic E-state index is 12.9. The van der Waals surface area contributed by atoms with E-state index in [1.165, 1.54) is 0 Å². The third-order valence-electron chi connectivity index (χ3n) is 6.52. The monoisotopic (exact) mass is 477 g/mol. The van der Waals surface area contributed by atoms with Gasteiger partial charge in [0.1, 0.15) is 28.6 Å². The molecular weight excluding hydrogens is 442 g/mol. The van der Waals surface area contributed by atoms with Gasteiger partial charge in [-0.2, -0.15) is 0 Å². The number of piperazine rings is 1. The Kier molecular flexibility index (Phi) is 7.05. The van der Waals surface area contributed by atoms with Crippen LogP contribution in [0, 0.1) is 6.92 Å². The fraction of sp³-hybridized carbons (Fsp3) is 0.429. The molecule has 0 radical (unpaired) electrons. The zero-order valence-electron chi connectivity index (χ0n) is 21.6. The van der Waals surface area contributed by atoms with Crippen LogP contribution < -0.4 is 19.1 Å². The van der Waals surface area contributed by atoms with Gasteiger partial charge >= 0.3 is 0 Å². The number of amides is 1. The number of carbonyl (C=O) groups is 1. The number of aryl methyl sites for hydroxylation is 1. The Morgan fingerprint density at radius 1 is 0.971 bits per heavy atom. The molecule has 0 unspecified atom stereocenters. The SMILES string of the molecule is COc1ccc(OCC(=O)N2CCN(c3cc(C)c4cccc(OC)c4n3)CC2)c(C(C)(C)C)c1. The average Bonchev–Trinajstić information content (AvgIpc) is 2.86. The van der Waals surface area contributed by atoms with Crippen LogP contribution in [-0.4, -0.2) is 62.8 Å². The van der Waals surface area contributed by atoms with Crippen LogP contribution in [0.3, 0.4) is 0 Å². The highest BCUT2D eigenvalue weighted by atomic mass is 16.5. The van der Waals surface area contributed by atoms with Crippen LogP contribution in [0.2, 0.25) is 0 Å². The van der Waals surface area contributed by atoms with Crippen molar-refractivity contribution >= 4 is 22.6 Å². The number of hydrogen-bond donors (Lipinski definition) is 0. The number of anilines is 1. The Balaban J connectivity index is 1.40. The van der Waals surface area contributed by atoms with E-state index in [1.807, 2.05) is 35.2 Å². The molecule has 1 fully saturated rings. The van der Waals surface area contributed by atoms with Gasteiger partial charge in [-0.25, -0.2) is 4.98 Å². The first-order valence-electron chi connectivity index (χ1n) is 12.0. The molecule has 0 aliphatic carbocycles. The molecule has 1 aliphatic rings. The van der Waals surface area contributed by atoms with Crippen molar-refractivity contribution in [3.05, 3.63) is 53.6 Å². The van der Waals surface area contributed by atoms with Gasteiger partial charge in [0.05, 0.1) is 14.2 Å². The van der Waals surface area contributed by atoms with Crippen LogP contribution in [0.25, 0.3) is 10.9 Å². The minimum Gasteiger partial charge on any atom is -0.497 e. The van der Waals surface area contributed by atoms with Gasteiger partial charge in [0.2, 0.25) is 0 Å². The fourth-order valence-corrected chi connectivity index (χ4v) is 4.46. The Morgan fingerprint density at radius 2 is 1.71 bits per heavy atom. The Labute approximate surface area is 207 Å². The Bertz CT molecular complexity index is 1210. The molecule has 7 nitrogen and oxygen atoms in total. The van der Waals surface area contributed by atoms with Crippen molar-refractivity contribution in [3.8, 4) is 17.2 Å². The number of fused-ring (bicyclic) bond motifs is 1. The molecule has 1 saturated heterocycles. The number of para-hydroxylation sites is 1. The molecule has 186 valence electrons. The van der Waals surface area contributed by atoms with E-state index in [4.69, 9.17) is 19.2 Å². The summed E-state index contributed by atoms with van der Waals surface area (Å²) >= 11 is 0. The molecular formula is C28H35N3O4. The summed E-state index contributed by atoms with van der Waals surface area (Å²) in [6, 6.07) is 13.8. The highest BCUT2D eigenvalue weighted by molar-refractivity contribution is 5.89. The normalized spacial score (nSPS) is 14.2. The van der Waals surface area contributed by atoms with Crippen molar-refractivity contribution < 1.29 is 19.0 Å². The minimum atomic E-state index is -0.133. The molecule has 4 rings (SSSR count). The van der Waals surface area contributed by atoms with Crippen LogP contribution in [0.5, 0.6) is 17.2 Å². The standard InChI is InChI=1S/C28H35N3O4/c1-19-16-25(29-27-21(19)8-7-9-24(27)34-6)30-12-14-31(15-13-30)26(32)18-35-23-11-10-20(33-5)17-22(23)28(2,3)4/h7-11,16-17H,12-15,18H2,1-6H3. The van der Waals surface area contributed by atoms with Crippen LogP contribution in [0.4, 0.5) is 5.82 Å². The zero-order valence-corrected chi connectivity index (χ0v) is 21.6. The van der Waals surface area contributed by atoms with Crippen molar-refractivity contribution in [2.24, 2.45) is 0 Å². The number of methoxy groups -OCH3 is 2. The molecule has 2 heterocycles. The fourth-order valence-electron chi connectivity index (χ4n) is 4.46. The number of aromatic nitrogens is 1. The van der Waals surface area contributed by atoms with Crippen molar-refractivity contribution in [2.45, 2.75) is 33.1 Å². The van der Waals surface area contributed by atoms with Crippen LogP contribution in [0.1, 0.15) is 31.9 Å². The molecule has 7 heteroatoms. The second-order valence-corrected chi connectivity index (χ2v) is 9.92. The molecule has 0 bridgehead atoms. The lowest BCUT2D eigenvalue weighted by atomic mass is 9.86. The lowest BCUT2D eigenvalue weighted by molar-refractivity contribution is -0.133. The van der Waals surface area contributed by atoms with Gasteiger partial charge in [-0.05, 0) is 48.2 Å². The lowest BCUT2D eigenvalue weighted by Crippen LogP contribution is -2.50. The molecule has 0 N–H and O–H groups in total. The second-order valence-electron chi connectivity index (χ2n) is 9.92. The van der Waals surface area contributed by atoms with Gasteiger partial charge in [0, 0.05) is 37.1 Å². The largest absolute Gasteiger partial charge is 0.497 e. The molecule has 0 atom stereocenters. The van der Waals surface area contributed by atoms with Gasteiger partial charge in [-0.1, -0.05) is 32.9 Å². The lowest BCUT2D eigenvalue weighted by Gasteiger charge is -2.35. The molecule has 1 aromatic heterocycles. The second kappa shape index (κ2) is 10.0. The van der Waals surface area contributed by atoms with E-state index >= 15 is 0 Å². The predicted molar refractivity (Wildman–Crippen MR) is 139 cm³/mol. The summed E-state index contributed by atoms with van der Waals surface area (Å²) in [4.78, 5) is 21.9. The molecule has 1 amide bonds. The van der Waals surface area contributed by atoms with Gasteiger partial charge in [-0.3, -0.25) is 4.79 Å². The molecule has 1 aliphatic heterocycles. The summed E-state index contributed by atoms with van der Waals surface area (Å²) in [7, 11) is 3.32. The number of pyridine rings is 1. The van der Waals surface area contributed by atoms with Crippen molar-refractivity contribution in [1.82, 2.24) is 9.88 Å². The van der Waals surface area contributed by atoms with Gasteiger partial charge in [0.15, 0.2) is 6.61 Å². The molecule has 0 spiro atoms. The first-order chi connectivity index (χ1) is 16.7. The summed E-state index contributed by atoms with van der Waals surface area (Å²) in [5.41, 5.74) is 2.91. The minimum absolute atomic E-state index is 0.00959. The van der Waals surface area contributed by atoms with Crippen LogP contribution >= 0.6 is 0 Å². The topological polar surface area (TPSA) is 64.1 Å². The predicted octanol–water partition coefficient (Wildman–Crippen LogP) is 4.59. The number of benzene rings is 2. The van der Waals surface area contributed by atoms with Crippen LogP contribution in [0.15, 0.2) is 42.5 Å². The quantitative estimate of drug-likeness (QED) is 0.518. The van der Waals surface area contributed by atoms with E-state index in [9.17, 15) is 4.79 Å². The summed E-state index contributed by atoms with van der Waals surface area (Å²) < 4.78 is 16.9. The average molecular weight is 478 g/mol. The first-order valence-corrected chi connectivity index (χ1v) is 12.0. The highest BCUT2D eigenvalue weighted by Gasteiger charge is 2.25. The van der Waals surface area contributed by atoms with E-state index in [2.05, 4.69) is 44.7 Å². The Morgan fingerprint density at radius 3 is 2.37 bits per heavy atom. The zero-order chi connectivity index (χ0) is 25.2. The smallest absolute Gasteiger partial charge is 0.260 e. The van der Waals surface area contributed by atoms with Gasteiger partial charge in [-0.15, -0.1) is 0 Å². The van der Waals surface area contributed by atoms with E-state index < -0.39 is 0 Å². The summed E-state index contributed by atoms with van der Waals surface area (Å²) in [6.45, 7) is 11.1. The summed E-state index contributed by atoms with van der Waals surface area (Å²) in [5, 5.41) is 1.09. The molecule has 2 aromatic carbocycles. The maximum Gasteiger partial charge on any atom is 0.260 e. The van der Waals surface area contributed by atoms with Crippen molar-refractivity contribution in [3.63, 3.8) is 0 Å². The van der Waals surface area contributed by atoms with E-state index in [1.54, 1.807) is 14.2 Å². The number of carbonyl (C=O) groups excluding carboxylic acids is 1. The van der Waals surface area contributed by atoms with E-state index in [0.29, 0.717) is 26.2 Å². The molecule has 35 heavy (non-hydrogen) atoms.